The molecule has 0 saturated carbocycles. The van der Waals surface area contributed by atoms with E-state index < -0.39 is 0 Å². The molecule has 0 unspecified atom stereocenters. The summed E-state index contributed by atoms with van der Waals surface area (Å²) in [6.07, 6.45) is 9.42. The SMILES string of the molecule is CCn1cc(C(=O)N(C)C[C@@H]2CCc3nccn3C2)cn1. The van der Waals surface area contributed by atoms with E-state index in [1.165, 1.54) is 0 Å². The summed E-state index contributed by atoms with van der Waals surface area (Å²) in [6, 6.07) is 0. The Hall–Kier alpha value is -2.11. The van der Waals surface area contributed by atoms with E-state index in [0.717, 1.165) is 38.3 Å². The first kappa shape index (κ1) is 13.9. The third-order valence-electron chi connectivity index (χ3n) is 4.12. The first-order valence-electron chi connectivity index (χ1n) is 7.45. The van der Waals surface area contributed by atoms with Gasteiger partial charge in [0.25, 0.3) is 5.91 Å². The van der Waals surface area contributed by atoms with E-state index in [1.807, 2.05) is 37.5 Å². The summed E-state index contributed by atoms with van der Waals surface area (Å²) in [7, 11) is 1.87. The van der Waals surface area contributed by atoms with Crippen molar-refractivity contribution in [2.45, 2.75) is 32.9 Å². The van der Waals surface area contributed by atoms with Gasteiger partial charge in [0.1, 0.15) is 5.82 Å². The van der Waals surface area contributed by atoms with Crippen LogP contribution in [0, 0.1) is 5.92 Å². The van der Waals surface area contributed by atoms with Crippen LogP contribution in [0.5, 0.6) is 0 Å². The van der Waals surface area contributed by atoms with Crippen molar-refractivity contribution < 1.29 is 4.79 Å². The summed E-state index contributed by atoms with van der Waals surface area (Å²) in [4.78, 5) is 18.5. The number of rotatable bonds is 4. The van der Waals surface area contributed by atoms with Crippen molar-refractivity contribution in [3.8, 4) is 0 Å². The van der Waals surface area contributed by atoms with Crippen LogP contribution < -0.4 is 0 Å². The molecule has 0 saturated heterocycles. The van der Waals surface area contributed by atoms with Crippen LogP contribution in [0.1, 0.15) is 29.5 Å². The fourth-order valence-corrected chi connectivity index (χ4v) is 2.92. The van der Waals surface area contributed by atoms with Crippen LogP contribution in [0.4, 0.5) is 0 Å². The summed E-state index contributed by atoms with van der Waals surface area (Å²) in [6.45, 7) is 4.51. The van der Waals surface area contributed by atoms with Gasteiger partial charge in [0.05, 0.1) is 11.8 Å². The molecule has 0 aromatic carbocycles. The molecule has 0 bridgehead atoms. The van der Waals surface area contributed by atoms with Crippen LogP contribution in [-0.4, -0.2) is 43.7 Å². The molecule has 0 radical (unpaired) electrons. The van der Waals surface area contributed by atoms with Gasteiger partial charge in [-0.05, 0) is 19.3 Å². The van der Waals surface area contributed by atoms with Gasteiger partial charge in [-0.3, -0.25) is 9.48 Å². The molecule has 21 heavy (non-hydrogen) atoms. The minimum absolute atomic E-state index is 0.0473. The van der Waals surface area contributed by atoms with Gasteiger partial charge >= 0.3 is 0 Å². The standard InChI is InChI=1S/C15H21N5O/c1-3-20-11-13(8-17-20)15(21)18(2)9-12-4-5-14-16-6-7-19(14)10-12/h6-8,11-12H,3-5,9-10H2,1-2H3/t12-/m0/s1. The van der Waals surface area contributed by atoms with E-state index in [-0.39, 0.29) is 5.91 Å². The molecule has 1 amide bonds. The number of aromatic nitrogens is 4. The van der Waals surface area contributed by atoms with Crippen LogP contribution in [0.2, 0.25) is 0 Å². The summed E-state index contributed by atoms with van der Waals surface area (Å²) >= 11 is 0. The molecule has 3 heterocycles. The molecule has 0 N–H and O–H groups in total. The Morgan fingerprint density at radius 2 is 2.38 bits per heavy atom. The predicted molar refractivity (Wildman–Crippen MR) is 78.9 cm³/mol. The maximum absolute atomic E-state index is 12.4. The number of carbonyl (C=O) groups is 1. The minimum atomic E-state index is 0.0473. The Bertz CT molecular complexity index is 630. The molecular weight excluding hydrogens is 266 g/mol. The van der Waals surface area contributed by atoms with Crippen molar-refractivity contribution >= 4 is 5.91 Å². The molecule has 2 aromatic heterocycles. The molecular formula is C15H21N5O. The van der Waals surface area contributed by atoms with Crippen LogP contribution in [-0.2, 0) is 19.5 Å². The van der Waals surface area contributed by atoms with Gasteiger partial charge in [-0.25, -0.2) is 4.98 Å². The zero-order chi connectivity index (χ0) is 14.8. The minimum Gasteiger partial charge on any atom is -0.341 e. The average molecular weight is 287 g/mol. The molecule has 1 aliphatic heterocycles. The maximum atomic E-state index is 12.4. The van der Waals surface area contributed by atoms with Crippen LogP contribution in [0.25, 0.3) is 0 Å². The summed E-state index contributed by atoms with van der Waals surface area (Å²) in [5.74, 6) is 1.69. The average Bonchev–Trinajstić information content (AvgIpc) is 3.14. The number of hydrogen-bond donors (Lipinski definition) is 0. The van der Waals surface area contributed by atoms with Crippen LogP contribution in [0.3, 0.4) is 0 Å². The highest BCUT2D eigenvalue weighted by atomic mass is 16.2. The van der Waals surface area contributed by atoms with Crippen molar-refractivity contribution in [1.29, 1.82) is 0 Å². The fraction of sp³-hybridized carbons (Fsp3) is 0.533. The second-order valence-corrected chi connectivity index (χ2v) is 5.67. The largest absolute Gasteiger partial charge is 0.341 e. The van der Waals surface area contributed by atoms with Gasteiger partial charge in [-0.1, -0.05) is 0 Å². The van der Waals surface area contributed by atoms with Crippen LogP contribution >= 0.6 is 0 Å². The van der Waals surface area contributed by atoms with Gasteiger partial charge in [0.15, 0.2) is 0 Å². The molecule has 2 aromatic rings. The number of fused-ring (bicyclic) bond motifs is 1. The fourth-order valence-electron chi connectivity index (χ4n) is 2.92. The van der Waals surface area contributed by atoms with E-state index in [9.17, 15) is 4.79 Å². The zero-order valence-corrected chi connectivity index (χ0v) is 12.6. The van der Waals surface area contributed by atoms with Crippen molar-refractivity contribution in [2.75, 3.05) is 13.6 Å². The zero-order valence-electron chi connectivity index (χ0n) is 12.6. The number of amides is 1. The highest BCUT2D eigenvalue weighted by Gasteiger charge is 2.22. The molecule has 1 atom stereocenters. The molecule has 112 valence electrons. The van der Waals surface area contributed by atoms with Gasteiger partial charge in [-0.2, -0.15) is 5.10 Å². The molecule has 1 aliphatic rings. The highest BCUT2D eigenvalue weighted by molar-refractivity contribution is 5.93. The molecule has 6 heteroatoms. The Balaban J connectivity index is 1.61. The molecule has 0 spiro atoms. The normalized spacial score (nSPS) is 17.5. The molecule has 3 rings (SSSR count). The van der Waals surface area contributed by atoms with Gasteiger partial charge in [0.2, 0.25) is 0 Å². The van der Waals surface area contributed by atoms with E-state index in [0.29, 0.717) is 11.5 Å². The lowest BCUT2D eigenvalue weighted by atomic mass is 9.99. The predicted octanol–water partition coefficient (Wildman–Crippen LogP) is 1.43. The first-order valence-corrected chi connectivity index (χ1v) is 7.45. The van der Waals surface area contributed by atoms with Crippen LogP contribution in [0.15, 0.2) is 24.8 Å². The van der Waals surface area contributed by atoms with Crippen molar-refractivity contribution in [3.63, 3.8) is 0 Å². The monoisotopic (exact) mass is 287 g/mol. The Labute approximate surface area is 124 Å². The van der Waals surface area contributed by atoms with Gasteiger partial charge in [0, 0.05) is 51.7 Å². The molecule has 6 nitrogen and oxygen atoms in total. The quantitative estimate of drug-likeness (QED) is 0.855. The second kappa shape index (κ2) is 5.71. The topological polar surface area (TPSA) is 56.0 Å². The number of nitrogens with zero attached hydrogens (tertiary/aromatic N) is 5. The summed E-state index contributed by atoms with van der Waals surface area (Å²) < 4.78 is 3.97. The number of hydrogen-bond acceptors (Lipinski definition) is 3. The number of imidazole rings is 1. The van der Waals surface area contributed by atoms with Crippen molar-refractivity contribution in [2.24, 2.45) is 5.92 Å². The van der Waals surface area contributed by atoms with E-state index in [1.54, 1.807) is 10.9 Å². The summed E-state index contributed by atoms with van der Waals surface area (Å²) in [5.41, 5.74) is 0.665. The van der Waals surface area contributed by atoms with E-state index in [4.69, 9.17) is 0 Å². The lowest BCUT2D eigenvalue weighted by Crippen LogP contribution is -2.35. The van der Waals surface area contributed by atoms with Gasteiger partial charge in [-0.15, -0.1) is 0 Å². The first-order chi connectivity index (χ1) is 10.2. The molecule has 0 fully saturated rings. The van der Waals surface area contributed by atoms with Gasteiger partial charge < -0.3 is 9.47 Å². The van der Waals surface area contributed by atoms with E-state index in [2.05, 4.69) is 14.6 Å². The molecule has 0 aliphatic carbocycles. The lowest BCUT2D eigenvalue weighted by Gasteiger charge is -2.28. The number of carbonyl (C=O) groups excluding carboxylic acids is 1. The number of aryl methyl sites for hydroxylation is 2. The Morgan fingerprint density at radius 3 is 3.14 bits per heavy atom. The smallest absolute Gasteiger partial charge is 0.256 e. The Kier molecular flexibility index (Phi) is 3.77. The third kappa shape index (κ3) is 2.84. The lowest BCUT2D eigenvalue weighted by molar-refractivity contribution is 0.0760. The summed E-state index contributed by atoms with van der Waals surface area (Å²) in [5, 5.41) is 4.16. The van der Waals surface area contributed by atoms with Crippen molar-refractivity contribution in [1.82, 2.24) is 24.2 Å². The second-order valence-electron chi connectivity index (χ2n) is 5.67. The highest BCUT2D eigenvalue weighted by Crippen LogP contribution is 2.20. The maximum Gasteiger partial charge on any atom is 0.256 e. The van der Waals surface area contributed by atoms with E-state index >= 15 is 0 Å². The van der Waals surface area contributed by atoms with Crippen molar-refractivity contribution in [3.05, 3.63) is 36.2 Å². The third-order valence-corrected chi connectivity index (χ3v) is 4.12. The Morgan fingerprint density at radius 1 is 1.52 bits per heavy atom.